The first kappa shape index (κ1) is 12.0. The highest BCUT2D eigenvalue weighted by Crippen LogP contribution is 2.24. The first-order chi connectivity index (χ1) is 8.31. The Labute approximate surface area is 105 Å². The molecule has 0 saturated carbocycles. The van der Waals surface area contributed by atoms with Crippen LogP contribution in [-0.4, -0.2) is 18.0 Å². The van der Waals surface area contributed by atoms with E-state index in [4.69, 9.17) is 0 Å². The molecule has 90 valence electrons. The summed E-state index contributed by atoms with van der Waals surface area (Å²) >= 11 is 0. The molecule has 1 nitrogen and oxygen atoms in total. The molecular weight excluding hydrogens is 206 g/mol. The molecule has 1 aliphatic heterocycles. The molecule has 2 aliphatic rings. The van der Waals surface area contributed by atoms with Crippen molar-refractivity contribution < 1.29 is 0 Å². The second kappa shape index (κ2) is 5.72. The molecule has 0 saturated heterocycles. The fraction of sp³-hybridized carbons (Fsp3) is 0.375. The van der Waals surface area contributed by atoms with E-state index in [-0.39, 0.29) is 0 Å². The van der Waals surface area contributed by atoms with Crippen molar-refractivity contribution in [1.29, 1.82) is 0 Å². The van der Waals surface area contributed by atoms with Crippen LogP contribution in [0.3, 0.4) is 0 Å². The van der Waals surface area contributed by atoms with Crippen LogP contribution < -0.4 is 0 Å². The maximum Gasteiger partial charge on any atom is 0.0721 e. The number of nitrogens with zero attached hydrogens (tertiary/aromatic N) is 1. The Morgan fingerprint density at radius 2 is 2.24 bits per heavy atom. The van der Waals surface area contributed by atoms with Gasteiger partial charge in [-0.2, -0.15) is 0 Å². The van der Waals surface area contributed by atoms with Gasteiger partial charge in [0.05, 0.1) is 6.04 Å². The number of unbranched alkanes of at least 4 members (excludes halogenated alkanes) is 2. The SMILES string of the molecule is CCCC/C=C/C1=CN(C)C2C=CC=CC2=C1. The summed E-state index contributed by atoms with van der Waals surface area (Å²) in [5.74, 6) is 0. The molecule has 0 bridgehead atoms. The number of likely N-dealkylation sites (N-methyl/N-ethyl adjacent to an activating group) is 1. The van der Waals surface area contributed by atoms with Gasteiger partial charge in [-0.3, -0.25) is 0 Å². The predicted octanol–water partition coefficient (Wildman–Crippen LogP) is 3.98. The summed E-state index contributed by atoms with van der Waals surface area (Å²) in [4.78, 5) is 2.27. The van der Waals surface area contributed by atoms with Crippen molar-refractivity contribution in [2.45, 2.75) is 32.2 Å². The maximum atomic E-state index is 2.28. The second-order valence-corrected chi connectivity index (χ2v) is 4.67. The molecular formula is C16H21N. The van der Waals surface area contributed by atoms with Crippen molar-refractivity contribution >= 4 is 0 Å². The maximum absolute atomic E-state index is 2.28. The molecule has 2 rings (SSSR count). The van der Waals surface area contributed by atoms with Gasteiger partial charge in [-0.05, 0) is 23.6 Å². The van der Waals surface area contributed by atoms with Gasteiger partial charge in [0.2, 0.25) is 0 Å². The van der Waals surface area contributed by atoms with Crippen LogP contribution in [0.5, 0.6) is 0 Å². The lowest BCUT2D eigenvalue weighted by Crippen LogP contribution is -2.30. The summed E-state index contributed by atoms with van der Waals surface area (Å²) in [5, 5.41) is 0. The monoisotopic (exact) mass is 227 g/mol. The normalized spacial score (nSPS) is 22.7. The van der Waals surface area contributed by atoms with Gasteiger partial charge in [-0.1, -0.05) is 56.2 Å². The van der Waals surface area contributed by atoms with E-state index in [2.05, 4.69) is 67.6 Å². The van der Waals surface area contributed by atoms with Crippen LogP contribution in [0.25, 0.3) is 0 Å². The van der Waals surface area contributed by atoms with Gasteiger partial charge in [0, 0.05) is 13.2 Å². The largest absolute Gasteiger partial charge is 0.369 e. The second-order valence-electron chi connectivity index (χ2n) is 4.67. The summed E-state index contributed by atoms with van der Waals surface area (Å²) in [5.41, 5.74) is 2.68. The number of hydrogen-bond donors (Lipinski definition) is 0. The van der Waals surface area contributed by atoms with Crippen LogP contribution in [0.2, 0.25) is 0 Å². The zero-order valence-corrected chi connectivity index (χ0v) is 10.8. The summed E-state index contributed by atoms with van der Waals surface area (Å²) in [6.07, 6.45) is 21.4. The molecule has 1 unspecified atom stereocenters. The number of rotatable bonds is 4. The quantitative estimate of drug-likeness (QED) is 0.657. The van der Waals surface area contributed by atoms with E-state index in [0.717, 1.165) is 0 Å². The van der Waals surface area contributed by atoms with Crippen LogP contribution in [0.4, 0.5) is 0 Å². The molecule has 0 aromatic rings. The highest BCUT2D eigenvalue weighted by atomic mass is 15.1. The van der Waals surface area contributed by atoms with Gasteiger partial charge in [-0.15, -0.1) is 0 Å². The molecule has 1 aliphatic carbocycles. The Kier molecular flexibility index (Phi) is 4.03. The van der Waals surface area contributed by atoms with Crippen molar-refractivity contribution in [3.63, 3.8) is 0 Å². The lowest BCUT2D eigenvalue weighted by molar-refractivity contribution is 0.419. The first-order valence-corrected chi connectivity index (χ1v) is 6.48. The van der Waals surface area contributed by atoms with Crippen molar-refractivity contribution in [3.8, 4) is 0 Å². The lowest BCUT2D eigenvalue weighted by atomic mass is 9.95. The third-order valence-corrected chi connectivity index (χ3v) is 3.19. The minimum Gasteiger partial charge on any atom is -0.369 e. The van der Waals surface area contributed by atoms with E-state index < -0.39 is 0 Å². The standard InChI is InChI=1S/C16H21N/c1-3-4-5-6-9-14-12-15-10-7-8-11-16(15)17(2)13-14/h6-13,16H,3-5H2,1-2H3/b9-6+. The van der Waals surface area contributed by atoms with E-state index in [0.29, 0.717) is 6.04 Å². The summed E-state index contributed by atoms with van der Waals surface area (Å²) < 4.78 is 0. The molecule has 1 heterocycles. The third-order valence-electron chi connectivity index (χ3n) is 3.19. The molecule has 0 fully saturated rings. The van der Waals surface area contributed by atoms with E-state index in [1.807, 2.05) is 0 Å². The van der Waals surface area contributed by atoms with Crippen LogP contribution in [0.15, 0.2) is 59.9 Å². The predicted molar refractivity (Wildman–Crippen MR) is 74.7 cm³/mol. The van der Waals surface area contributed by atoms with Crippen LogP contribution in [0, 0.1) is 0 Å². The van der Waals surface area contributed by atoms with Crippen molar-refractivity contribution in [3.05, 3.63) is 59.9 Å². The van der Waals surface area contributed by atoms with Crippen LogP contribution in [-0.2, 0) is 0 Å². The first-order valence-electron chi connectivity index (χ1n) is 6.48. The molecule has 1 atom stereocenters. The summed E-state index contributed by atoms with van der Waals surface area (Å²) in [7, 11) is 2.14. The summed E-state index contributed by atoms with van der Waals surface area (Å²) in [6.45, 7) is 2.23. The fourth-order valence-electron chi connectivity index (χ4n) is 2.23. The molecule has 0 N–H and O–H groups in total. The lowest BCUT2D eigenvalue weighted by Gasteiger charge is -2.30. The number of allylic oxidation sites excluding steroid dienone is 6. The number of fused-ring (bicyclic) bond motifs is 1. The molecule has 0 spiro atoms. The summed E-state index contributed by atoms with van der Waals surface area (Å²) in [6, 6.07) is 0.424. The van der Waals surface area contributed by atoms with Gasteiger partial charge >= 0.3 is 0 Å². The Morgan fingerprint density at radius 3 is 3.06 bits per heavy atom. The minimum atomic E-state index is 0.424. The highest BCUT2D eigenvalue weighted by molar-refractivity contribution is 5.47. The zero-order valence-electron chi connectivity index (χ0n) is 10.8. The molecule has 1 heteroatoms. The average molecular weight is 227 g/mol. The van der Waals surface area contributed by atoms with Crippen molar-refractivity contribution in [2.75, 3.05) is 7.05 Å². The van der Waals surface area contributed by atoms with Crippen molar-refractivity contribution in [2.24, 2.45) is 0 Å². The topological polar surface area (TPSA) is 3.24 Å². The number of hydrogen-bond acceptors (Lipinski definition) is 1. The Bertz CT molecular complexity index is 407. The molecule has 17 heavy (non-hydrogen) atoms. The van der Waals surface area contributed by atoms with E-state index in [1.165, 1.54) is 30.4 Å². The fourth-order valence-corrected chi connectivity index (χ4v) is 2.23. The van der Waals surface area contributed by atoms with Gasteiger partial charge in [0.25, 0.3) is 0 Å². The van der Waals surface area contributed by atoms with E-state index >= 15 is 0 Å². The Hall–Kier alpha value is -1.50. The highest BCUT2D eigenvalue weighted by Gasteiger charge is 2.18. The van der Waals surface area contributed by atoms with Crippen molar-refractivity contribution in [1.82, 2.24) is 4.90 Å². The zero-order chi connectivity index (χ0) is 12.1. The average Bonchev–Trinajstić information content (AvgIpc) is 2.35. The van der Waals surface area contributed by atoms with Gasteiger partial charge in [0.1, 0.15) is 0 Å². The molecule has 0 aromatic heterocycles. The van der Waals surface area contributed by atoms with E-state index in [1.54, 1.807) is 0 Å². The van der Waals surface area contributed by atoms with Gasteiger partial charge in [-0.25, -0.2) is 0 Å². The van der Waals surface area contributed by atoms with Crippen LogP contribution >= 0.6 is 0 Å². The molecule has 0 radical (unpaired) electrons. The third kappa shape index (κ3) is 3.00. The van der Waals surface area contributed by atoms with Crippen LogP contribution in [0.1, 0.15) is 26.2 Å². The Balaban J connectivity index is 2.05. The molecule has 0 amide bonds. The Morgan fingerprint density at radius 1 is 1.35 bits per heavy atom. The smallest absolute Gasteiger partial charge is 0.0721 e. The minimum absolute atomic E-state index is 0.424. The van der Waals surface area contributed by atoms with Gasteiger partial charge < -0.3 is 4.90 Å². The molecule has 0 aromatic carbocycles. The van der Waals surface area contributed by atoms with Gasteiger partial charge in [0.15, 0.2) is 0 Å². The van der Waals surface area contributed by atoms with E-state index in [9.17, 15) is 0 Å².